The highest BCUT2D eigenvalue weighted by Gasteiger charge is 2.23. The molecule has 0 aliphatic carbocycles. The van der Waals surface area contributed by atoms with Crippen molar-refractivity contribution in [2.45, 2.75) is 20.4 Å². The number of amides is 1. The minimum Gasteiger partial charge on any atom is -0.355 e. The molecule has 0 saturated carbocycles. The largest absolute Gasteiger partial charge is 0.355 e. The smallest absolute Gasteiger partial charge is 0.257 e. The molecule has 1 aromatic heterocycles. The van der Waals surface area contributed by atoms with Crippen molar-refractivity contribution in [2.24, 2.45) is 0 Å². The SMILES string of the molecule is Cc1ccccc1-c1onc(C)c1C(=O)NCc1cccc(F)c1F. The van der Waals surface area contributed by atoms with Gasteiger partial charge in [0.25, 0.3) is 5.91 Å². The zero-order valence-corrected chi connectivity index (χ0v) is 13.8. The number of aromatic nitrogens is 1. The summed E-state index contributed by atoms with van der Waals surface area (Å²) in [5.41, 5.74) is 2.47. The molecule has 6 heteroatoms. The number of halogens is 2. The lowest BCUT2D eigenvalue weighted by Gasteiger charge is -2.08. The summed E-state index contributed by atoms with van der Waals surface area (Å²) < 4.78 is 32.3. The van der Waals surface area contributed by atoms with Gasteiger partial charge in [0.05, 0.1) is 5.69 Å². The normalized spacial score (nSPS) is 10.7. The molecule has 0 bridgehead atoms. The summed E-state index contributed by atoms with van der Waals surface area (Å²) in [5, 5.41) is 6.47. The van der Waals surface area contributed by atoms with Crippen LogP contribution in [0.2, 0.25) is 0 Å². The third kappa shape index (κ3) is 3.28. The van der Waals surface area contributed by atoms with Crippen molar-refractivity contribution in [1.29, 1.82) is 0 Å². The molecular formula is C19H16F2N2O2. The Labute approximate surface area is 143 Å². The molecule has 3 rings (SSSR count). The fourth-order valence-electron chi connectivity index (χ4n) is 2.60. The fraction of sp³-hybridized carbons (Fsp3) is 0.158. The predicted octanol–water partition coefficient (Wildman–Crippen LogP) is 4.17. The highest BCUT2D eigenvalue weighted by Crippen LogP contribution is 2.28. The minimum atomic E-state index is -0.969. The maximum absolute atomic E-state index is 13.7. The van der Waals surface area contributed by atoms with Gasteiger partial charge in [-0.3, -0.25) is 4.79 Å². The molecule has 1 amide bonds. The van der Waals surface area contributed by atoms with Gasteiger partial charge < -0.3 is 9.84 Å². The molecule has 1 heterocycles. The van der Waals surface area contributed by atoms with E-state index in [0.717, 1.165) is 17.2 Å². The monoisotopic (exact) mass is 342 g/mol. The lowest BCUT2D eigenvalue weighted by atomic mass is 10.0. The van der Waals surface area contributed by atoms with Gasteiger partial charge in [-0.1, -0.05) is 41.6 Å². The predicted molar refractivity (Wildman–Crippen MR) is 88.9 cm³/mol. The Kier molecular flexibility index (Phi) is 4.61. The summed E-state index contributed by atoms with van der Waals surface area (Å²) in [4.78, 5) is 12.6. The average molecular weight is 342 g/mol. The van der Waals surface area contributed by atoms with E-state index < -0.39 is 17.5 Å². The van der Waals surface area contributed by atoms with Crippen LogP contribution < -0.4 is 5.32 Å². The number of hydrogen-bond donors (Lipinski definition) is 1. The van der Waals surface area contributed by atoms with Crippen molar-refractivity contribution >= 4 is 5.91 Å². The quantitative estimate of drug-likeness (QED) is 0.774. The van der Waals surface area contributed by atoms with Gasteiger partial charge in [-0.05, 0) is 25.5 Å². The van der Waals surface area contributed by atoms with E-state index in [-0.39, 0.29) is 17.7 Å². The van der Waals surface area contributed by atoms with Crippen LogP contribution in [0.5, 0.6) is 0 Å². The van der Waals surface area contributed by atoms with E-state index in [1.54, 1.807) is 6.92 Å². The van der Waals surface area contributed by atoms with Crippen LogP contribution in [-0.4, -0.2) is 11.1 Å². The number of carbonyl (C=O) groups is 1. The number of aryl methyl sites for hydroxylation is 2. The molecule has 0 saturated heterocycles. The number of carbonyl (C=O) groups excluding carboxylic acids is 1. The van der Waals surface area contributed by atoms with Crippen LogP contribution in [0, 0.1) is 25.5 Å². The van der Waals surface area contributed by atoms with E-state index >= 15 is 0 Å². The third-order valence-corrected chi connectivity index (χ3v) is 3.95. The van der Waals surface area contributed by atoms with Crippen LogP contribution in [0.15, 0.2) is 47.0 Å². The van der Waals surface area contributed by atoms with Gasteiger partial charge in [-0.25, -0.2) is 8.78 Å². The molecule has 3 aromatic rings. The van der Waals surface area contributed by atoms with Gasteiger partial charge in [0.15, 0.2) is 17.4 Å². The summed E-state index contributed by atoms with van der Waals surface area (Å²) in [7, 11) is 0. The van der Waals surface area contributed by atoms with E-state index in [4.69, 9.17) is 4.52 Å². The van der Waals surface area contributed by atoms with E-state index in [0.29, 0.717) is 11.5 Å². The topological polar surface area (TPSA) is 55.1 Å². The first-order valence-electron chi connectivity index (χ1n) is 7.72. The van der Waals surface area contributed by atoms with Crippen molar-refractivity contribution in [3.63, 3.8) is 0 Å². The van der Waals surface area contributed by atoms with E-state index in [9.17, 15) is 13.6 Å². The van der Waals surface area contributed by atoms with Crippen molar-refractivity contribution in [3.05, 3.63) is 76.5 Å². The lowest BCUT2D eigenvalue weighted by molar-refractivity contribution is 0.0950. The summed E-state index contributed by atoms with van der Waals surface area (Å²) in [6, 6.07) is 11.3. The third-order valence-electron chi connectivity index (χ3n) is 3.95. The van der Waals surface area contributed by atoms with Gasteiger partial charge in [-0.2, -0.15) is 0 Å². The van der Waals surface area contributed by atoms with Gasteiger partial charge in [-0.15, -0.1) is 0 Å². The minimum absolute atomic E-state index is 0.0694. The Morgan fingerprint density at radius 3 is 2.64 bits per heavy atom. The first-order chi connectivity index (χ1) is 12.0. The zero-order chi connectivity index (χ0) is 18.0. The molecule has 1 N–H and O–H groups in total. The van der Waals surface area contributed by atoms with Crippen molar-refractivity contribution in [2.75, 3.05) is 0 Å². The molecule has 0 radical (unpaired) electrons. The molecule has 0 fully saturated rings. The molecule has 0 aliphatic heterocycles. The standard InChI is InChI=1S/C19H16F2N2O2/c1-11-6-3-4-8-14(11)18-16(12(2)23-25-18)19(24)22-10-13-7-5-9-15(20)17(13)21/h3-9H,10H2,1-2H3,(H,22,24). The Bertz CT molecular complexity index is 935. The summed E-state index contributed by atoms with van der Waals surface area (Å²) in [6.07, 6.45) is 0. The fourth-order valence-corrected chi connectivity index (χ4v) is 2.60. The molecular weight excluding hydrogens is 326 g/mol. The number of nitrogens with one attached hydrogen (secondary N) is 1. The first kappa shape index (κ1) is 16.8. The Hall–Kier alpha value is -3.02. The Balaban J connectivity index is 1.87. The van der Waals surface area contributed by atoms with Crippen LogP contribution >= 0.6 is 0 Å². The number of hydrogen-bond acceptors (Lipinski definition) is 3. The van der Waals surface area contributed by atoms with Gasteiger partial charge in [0, 0.05) is 17.7 Å². The Morgan fingerprint density at radius 2 is 1.88 bits per heavy atom. The maximum Gasteiger partial charge on any atom is 0.257 e. The van der Waals surface area contributed by atoms with Crippen LogP contribution in [0.1, 0.15) is 27.2 Å². The molecule has 0 aliphatic rings. The first-order valence-corrected chi connectivity index (χ1v) is 7.72. The maximum atomic E-state index is 13.7. The molecule has 0 unspecified atom stereocenters. The van der Waals surface area contributed by atoms with Gasteiger partial charge in [0.2, 0.25) is 0 Å². The molecule has 25 heavy (non-hydrogen) atoms. The van der Waals surface area contributed by atoms with Crippen LogP contribution in [-0.2, 0) is 6.54 Å². The number of benzene rings is 2. The molecule has 128 valence electrons. The zero-order valence-electron chi connectivity index (χ0n) is 13.8. The van der Waals surface area contributed by atoms with Crippen molar-refractivity contribution < 1.29 is 18.1 Å². The average Bonchev–Trinajstić information content (AvgIpc) is 2.98. The summed E-state index contributed by atoms with van der Waals surface area (Å²) >= 11 is 0. The van der Waals surface area contributed by atoms with Crippen LogP contribution in [0.3, 0.4) is 0 Å². The summed E-state index contributed by atoms with van der Waals surface area (Å²) in [6.45, 7) is 3.42. The highest BCUT2D eigenvalue weighted by atomic mass is 19.2. The van der Waals surface area contributed by atoms with E-state index in [1.165, 1.54) is 12.1 Å². The second-order valence-electron chi connectivity index (χ2n) is 5.68. The van der Waals surface area contributed by atoms with Gasteiger partial charge >= 0.3 is 0 Å². The Morgan fingerprint density at radius 1 is 1.12 bits per heavy atom. The lowest BCUT2D eigenvalue weighted by Crippen LogP contribution is -2.24. The second-order valence-corrected chi connectivity index (χ2v) is 5.68. The highest BCUT2D eigenvalue weighted by molar-refractivity contribution is 6.00. The van der Waals surface area contributed by atoms with Crippen LogP contribution in [0.4, 0.5) is 8.78 Å². The van der Waals surface area contributed by atoms with E-state index in [2.05, 4.69) is 10.5 Å². The van der Waals surface area contributed by atoms with Crippen molar-refractivity contribution in [1.82, 2.24) is 10.5 Å². The molecule has 4 nitrogen and oxygen atoms in total. The van der Waals surface area contributed by atoms with E-state index in [1.807, 2.05) is 31.2 Å². The molecule has 0 atom stereocenters. The second kappa shape index (κ2) is 6.84. The van der Waals surface area contributed by atoms with Gasteiger partial charge in [0.1, 0.15) is 5.56 Å². The van der Waals surface area contributed by atoms with Crippen molar-refractivity contribution in [3.8, 4) is 11.3 Å². The molecule has 2 aromatic carbocycles. The molecule has 0 spiro atoms. The number of nitrogens with zero attached hydrogens (tertiary/aromatic N) is 1. The van der Waals surface area contributed by atoms with Crippen LogP contribution in [0.25, 0.3) is 11.3 Å². The number of rotatable bonds is 4. The summed E-state index contributed by atoms with van der Waals surface area (Å²) in [5.74, 6) is -2.02.